The van der Waals surface area contributed by atoms with Gasteiger partial charge in [-0.2, -0.15) is 0 Å². The highest BCUT2D eigenvalue weighted by Gasteiger charge is 2.24. The Balaban J connectivity index is 3.22. The quantitative estimate of drug-likeness (QED) is 0.456. The number of nitrogens with zero attached hydrogens (tertiary/aromatic N) is 2. The Hall–Kier alpha value is -1.63. The van der Waals surface area contributed by atoms with E-state index < -0.39 is 4.92 Å². The number of halogens is 1. The van der Waals surface area contributed by atoms with E-state index >= 15 is 0 Å². The van der Waals surface area contributed by atoms with Crippen LogP contribution in [0.4, 0.5) is 5.69 Å². The second-order valence-electron chi connectivity index (χ2n) is 3.69. The predicted octanol–water partition coefficient (Wildman–Crippen LogP) is 2.46. The van der Waals surface area contributed by atoms with Crippen molar-refractivity contribution >= 4 is 27.5 Å². The van der Waals surface area contributed by atoms with Crippen molar-refractivity contribution < 1.29 is 14.5 Å². The molecule has 1 amide bonds. The Labute approximate surface area is 119 Å². The lowest BCUT2D eigenvalue weighted by atomic mass is 10.1. The zero-order valence-electron chi connectivity index (χ0n) is 10.8. The van der Waals surface area contributed by atoms with Crippen LogP contribution in [-0.4, -0.2) is 41.3 Å². The normalized spacial score (nSPS) is 10.1. The molecule has 0 fully saturated rings. The van der Waals surface area contributed by atoms with E-state index in [1.165, 1.54) is 25.3 Å². The van der Waals surface area contributed by atoms with Gasteiger partial charge in [-0.3, -0.25) is 14.9 Å². The van der Waals surface area contributed by atoms with E-state index in [1.807, 2.05) is 6.92 Å². The molecule has 7 heteroatoms. The number of carbonyl (C=O) groups excluding carboxylic acids is 1. The first-order valence-electron chi connectivity index (χ1n) is 5.73. The van der Waals surface area contributed by atoms with Gasteiger partial charge in [0.25, 0.3) is 5.91 Å². The summed E-state index contributed by atoms with van der Waals surface area (Å²) in [5.74, 6) is -0.270. The van der Waals surface area contributed by atoms with Gasteiger partial charge in [0.1, 0.15) is 0 Å². The fourth-order valence-electron chi connectivity index (χ4n) is 1.73. The molecular formula is C12H15BrN2O4. The Bertz CT molecular complexity index is 479. The summed E-state index contributed by atoms with van der Waals surface area (Å²) in [6, 6.07) is 4.33. The molecule has 0 N–H and O–H groups in total. The Kier molecular flexibility index (Phi) is 5.75. The summed E-state index contributed by atoms with van der Waals surface area (Å²) in [7, 11) is 1.32. The van der Waals surface area contributed by atoms with Gasteiger partial charge >= 0.3 is 5.69 Å². The van der Waals surface area contributed by atoms with Gasteiger partial charge in [-0.1, -0.05) is 22.0 Å². The summed E-state index contributed by atoms with van der Waals surface area (Å²) in [4.78, 5) is 24.3. The van der Waals surface area contributed by atoms with Crippen LogP contribution in [-0.2, 0) is 0 Å². The van der Waals surface area contributed by atoms with Crippen LogP contribution in [0.1, 0.15) is 17.3 Å². The molecule has 0 aliphatic heterocycles. The van der Waals surface area contributed by atoms with Gasteiger partial charge < -0.3 is 9.64 Å². The van der Waals surface area contributed by atoms with Gasteiger partial charge in [0.05, 0.1) is 17.6 Å². The highest BCUT2D eigenvalue weighted by Crippen LogP contribution is 2.31. The molecule has 0 heterocycles. The van der Waals surface area contributed by atoms with Crippen molar-refractivity contribution in [2.75, 3.05) is 25.5 Å². The maximum Gasteiger partial charge on any atom is 0.311 e. The zero-order chi connectivity index (χ0) is 14.4. The van der Waals surface area contributed by atoms with Gasteiger partial charge in [-0.25, -0.2) is 0 Å². The molecule has 1 rings (SSSR count). The van der Waals surface area contributed by atoms with Crippen molar-refractivity contribution in [3.05, 3.63) is 33.9 Å². The number of ether oxygens (including phenoxy) is 1. The largest absolute Gasteiger partial charge is 0.490 e. The molecule has 0 atom stereocenters. The first-order valence-corrected chi connectivity index (χ1v) is 6.85. The van der Waals surface area contributed by atoms with Crippen molar-refractivity contribution in [2.45, 2.75) is 6.92 Å². The second-order valence-corrected chi connectivity index (χ2v) is 4.48. The lowest BCUT2D eigenvalue weighted by molar-refractivity contribution is -0.385. The molecule has 0 saturated heterocycles. The number of nitro benzene ring substituents is 1. The molecule has 0 spiro atoms. The molecule has 0 radical (unpaired) electrons. The third-order valence-electron chi connectivity index (χ3n) is 2.65. The molecule has 6 nitrogen and oxygen atoms in total. The fourth-order valence-corrected chi connectivity index (χ4v) is 2.16. The standard InChI is InChI=1S/C12H15BrN2O4/c1-3-14(8-7-13)12(16)9-5-4-6-10(15(17)18)11(9)19-2/h4-6H,3,7-8H2,1-2H3. The highest BCUT2D eigenvalue weighted by atomic mass is 79.9. The summed E-state index contributed by atoms with van der Waals surface area (Å²) >= 11 is 3.27. The summed E-state index contributed by atoms with van der Waals surface area (Å²) in [5, 5.41) is 11.6. The molecule has 19 heavy (non-hydrogen) atoms. The molecule has 0 aromatic heterocycles. The van der Waals surface area contributed by atoms with Crippen LogP contribution in [0.15, 0.2) is 18.2 Å². The van der Waals surface area contributed by atoms with E-state index in [-0.39, 0.29) is 22.9 Å². The number of hydrogen-bond donors (Lipinski definition) is 0. The van der Waals surface area contributed by atoms with E-state index in [0.29, 0.717) is 18.4 Å². The average molecular weight is 331 g/mol. The maximum atomic E-state index is 12.3. The SMILES string of the molecule is CCN(CCBr)C(=O)c1cccc([N+](=O)[O-])c1OC. The van der Waals surface area contributed by atoms with Gasteiger partial charge in [0.2, 0.25) is 5.75 Å². The average Bonchev–Trinajstić information content (AvgIpc) is 2.42. The molecule has 0 saturated carbocycles. The summed E-state index contributed by atoms with van der Waals surface area (Å²) < 4.78 is 5.03. The van der Waals surface area contributed by atoms with Crippen molar-refractivity contribution in [1.82, 2.24) is 4.90 Å². The lowest BCUT2D eigenvalue weighted by Crippen LogP contribution is -2.32. The van der Waals surface area contributed by atoms with Crippen molar-refractivity contribution in [1.29, 1.82) is 0 Å². The van der Waals surface area contributed by atoms with Crippen LogP contribution in [0.25, 0.3) is 0 Å². The summed E-state index contributed by atoms with van der Waals surface area (Å²) in [5.41, 5.74) is 0.00254. The number of para-hydroxylation sites is 1. The number of hydrogen-bond acceptors (Lipinski definition) is 4. The molecule has 0 bridgehead atoms. The van der Waals surface area contributed by atoms with Gasteiger partial charge in [0.15, 0.2) is 0 Å². The number of carbonyl (C=O) groups is 1. The summed E-state index contributed by atoms with van der Waals surface area (Å²) in [6.45, 7) is 2.90. The molecule has 0 aliphatic carbocycles. The minimum atomic E-state index is -0.559. The number of amides is 1. The van der Waals surface area contributed by atoms with E-state index in [1.54, 1.807) is 4.90 Å². The van der Waals surface area contributed by atoms with Crippen LogP contribution in [0.5, 0.6) is 5.75 Å². The third kappa shape index (κ3) is 3.44. The molecule has 104 valence electrons. The highest BCUT2D eigenvalue weighted by molar-refractivity contribution is 9.09. The monoisotopic (exact) mass is 330 g/mol. The topological polar surface area (TPSA) is 72.7 Å². The van der Waals surface area contributed by atoms with Crippen LogP contribution in [0.2, 0.25) is 0 Å². The molecule has 0 unspecified atom stereocenters. The second kappa shape index (κ2) is 7.08. The van der Waals surface area contributed by atoms with E-state index in [4.69, 9.17) is 4.74 Å². The first-order chi connectivity index (χ1) is 9.06. The molecule has 0 aliphatic rings. The Morgan fingerprint density at radius 2 is 2.21 bits per heavy atom. The molecule has 1 aromatic carbocycles. The Morgan fingerprint density at radius 3 is 2.68 bits per heavy atom. The molecular weight excluding hydrogens is 316 g/mol. The van der Waals surface area contributed by atoms with E-state index in [9.17, 15) is 14.9 Å². The van der Waals surface area contributed by atoms with E-state index in [2.05, 4.69) is 15.9 Å². The fraction of sp³-hybridized carbons (Fsp3) is 0.417. The minimum Gasteiger partial charge on any atom is -0.490 e. The van der Waals surface area contributed by atoms with Crippen LogP contribution >= 0.6 is 15.9 Å². The number of methoxy groups -OCH3 is 1. The number of nitro groups is 1. The van der Waals surface area contributed by atoms with Crippen molar-refractivity contribution in [2.24, 2.45) is 0 Å². The van der Waals surface area contributed by atoms with Gasteiger partial charge in [0, 0.05) is 24.5 Å². The van der Waals surface area contributed by atoms with Gasteiger partial charge in [-0.15, -0.1) is 0 Å². The van der Waals surface area contributed by atoms with Crippen LogP contribution in [0.3, 0.4) is 0 Å². The van der Waals surface area contributed by atoms with Crippen molar-refractivity contribution in [3.8, 4) is 5.75 Å². The third-order valence-corrected chi connectivity index (χ3v) is 3.00. The number of benzene rings is 1. The first kappa shape index (κ1) is 15.4. The number of alkyl halides is 1. The lowest BCUT2D eigenvalue weighted by Gasteiger charge is -2.20. The van der Waals surface area contributed by atoms with Crippen LogP contribution in [0, 0.1) is 10.1 Å². The van der Waals surface area contributed by atoms with Crippen molar-refractivity contribution in [3.63, 3.8) is 0 Å². The van der Waals surface area contributed by atoms with Gasteiger partial charge in [-0.05, 0) is 13.0 Å². The Morgan fingerprint density at radius 1 is 1.53 bits per heavy atom. The molecule has 1 aromatic rings. The minimum absolute atomic E-state index is 0.00511. The maximum absolute atomic E-state index is 12.3. The predicted molar refractivity (Wildman–Crippen MR) is 75.0 cm³/mol. The smallest absolute Gasteiger partial charge is 0.311 e. The van der Waals surface area contributed by atoms with E-state index in [0.717, 1.165) is 0 Å². The van der Waals surface area contributed by atoms with Crippen LogP contribution < -0.4 is 4.74 Å². The number of rotatable bonds is 6. The summed E-state index contributed by atoms with van der Waals surface area (Å²) in [6.07, 6.45) is 0. The zero-order valence-corrected chi connectivity index (χ0v) is 12.3.